The first-order chi connectivity index (χ1) is 7.38. The third kappa shape index (κ3) is 1.99. The van der Waals surface area contributed by atoms with Crippen LogP contribution in [0.1, 0.15) is 6.42 Å². The summed E-state index contributed by atoms with van der Waals surface area (Å²) in [5, 5.41) is 2.04. The van der Waals surface area contributed by atoms with Gasteiger partial charge in [-0.1, -0.05) is 11.6 Å². The van der Waals surface area contributed by atoms with E-state index in [0.717, 1.165) is 10.6 Å². The molecular formula is C8H7ClF3N3O. The highest BCUT2D eigenvalue weighted by atomic mass is 35.5. The number of aromatic nitrogens is 2. The molecule has 1 aliphatic rings. The van der Waals surface area contributed by atoms with Gasteiger partial charge >= 0.3 is 6.18 Å². The van der Waals surface area contributed by atoms with Gasteiger partial charge < -0.3 is 5.32 Å². The fourth-order valence-electron chi connectivity index (χ4n) is 1.54. The SMILES string of the molecule is O=c1cc(Cl)nc2n1CCC(C(F)(F)F)N2. The Balaban J connectivity index is 2.37. The van der Waals surface area contributed by atoms with Crippen LogP contribution in [0.4, 0.5) is 19.1 Å². The Morgan fingerprint density at radius 2 is 2.25 bits per heavy atom. The lowest BCUT2D eigenvalue weighted by molar-refractivity contribution is -0.145. The van der Waals surface area contributed by atoms with Crippen LogP contribution in [0.15, 0.2) is 10.9 Å². The fourth-order valence-corrected chi connectivity index (χ4v) is 1.71. The number of alkyl halides is 3. The van der Waals surface area contributed by atoms with E-state index in [4.69, 9.17) is 11.6 Å². The molecule has 1 atom stereocenters. The molecule has 16 heavy (non-hydrogen) atoms. The molecular weight excluding hydrogens is 247 g/mol. The highest BCUT2D eigenvalue weighted by Crippen LogP contribution is 2.28. The molecule has 0 bridgehead atoms. The molecule has 1 aromatic heterocycles. The summed E-state index contributed by atoms with van der Waals surface area (Å²) in [5.41, 5.74) is -0.455. The molecule has 0 fully saturated rings. The Morgan fingerprint density at radius 1 is 1.56 bits per heavy atom. The van der Waals surface area contributed by atoms with Crippen molar-refractivity contribution in [3.63, 3.8) is 0 Å². The summed E-state index contributed by atoms with van der Waals surface area (Å²) in [6.45, 7) is -0.0183. The van der Waals surface area contributed by atoms with Crippen molar-refractivity contribution in [2.75, 3.05) is 5.32 Å². The zero-order valence-electron chi connectivity index (χ0n) is 7.88. The lowest BCUT2D eigenvalue weighted by atomic mass is 10.1. The maximum atomic E-state index is 12.4. The normalized spacial score (nSPS) is 20.1. The molecule has 2 heterocycles. The molecule has 0 spiro atoms. The molecule has 2 rings (SSSR count). The molecule has 0 amide bonds. The first kappa shape index (κ1) is 11.3. The van der Waals surface area contributed by atoms with Gasteiger partial charge in [0.15, 0.2) is 0 Å². The summed E-state index contributed by atoms with van der Waals surface area (Å²) in [5.74, 6) is -0.133. The van der Waals surface area contributed by atoms with Gasteiger partial charge in [0.25, 0.3) is 5.56 Å². The van der Waals surface area contributed by atoms with Crippen molar-refractivity contribution in [2.45, 2.75) is 25.2 Å². The topological polar surface area (TPSA) is 46.9 Å². The number of hydrogen-bond acceptors (Lipinski definition) is 3. The molecule has 0 saturated carbocycles. The van der Waals surface area contributed by atoms with Gasteiger partial charge in [-0.15, -0.1) is 0 Å². The van der Waals surface area contributed by atoms with E-state index in [2.05, 4.69) is 10.3 Å². The predicted molar refractivity (Wildman–Crippen MR) is 51.6 cm³/mol. The second-order valence-corrected chi connectivity index (χ2v) is 3.81. The Morgan fingerprint density at radius 3 is 2.88 bits per heavy atom. The smallest absolute Gasteiger partial charge is 0.344 e. The summed E-state index contributed by atoms with van der Waals surface area (Å²) in [6.07, 6.45) is -4.55. The van der Waals surface area contributed by atoms with Gasteiger partial charge in [0.2, 0.25) is 5.95 Å². The van der Waals surface area contributed by atoms with Crippen LogP contribution in [-0.2, 0) is 6.54 Å². The first-order valence-corrected chi connectivity index (χ1v) is 4.86. The van der Waals surface area contributed by atoms with Gasteiger partial charge in [0.05, 0.1) is 0 Å². The van der Waals surface area contributed by atoms with Crippen molar-refractivity contribution < 1.29 is 13.2 Å². The van der Waals surface area contributed by atoms with Crippen LogP contribution in [-0.4, -0.2) is 21.8 Å². The standard InChI is InChI=1S/C8H7ClF3N3O/c9-5-3-6(16)15-2-1-4(8(10,11)12)13-7(15)14-5/h3-4H,1-2H2,(H,13,14). The summed E-state index contributed by atoms with van der Waals surface area (Å²) < 4.78 is 38.4. The molecule has 0 radical (unpaired) electrons. The number of anilines is 1. The van der Waals surface area contributed by atoms with Crippen LogP contribution < -0.4 is 10.9 Å². The van der Waals surface area contributed by atoms with Crippen LogP contribution in [0, 0.1) is 0 Å². The van der Waals surface area contributed by atoms with E-state index in [1.165, 1.54) is 0 Å². The number of nitrogens with zero attached hydrogens (tertiary/aromatic N) is 2. The van der Waals surface area contributed by atoms with Crippen molar-refractivity contribution in [3.05, 3.63) is 21.6 Å². The minimum Gasteiger partial charge on any atom is -0.344 e. The molecule has 8 heteroatoms. The van der Waals surface area contributed by atoms with Crippen molar-refractivity contribution >= 4 is 17.5 Å². The van der Waals surface area contributed by atoms with E-state index in [-0.39, 0.29) is 24.1 Å². The first-order valence-electron chi connectivity index (χ1n) is 4.48. The maximum Gasteiger partial charge on any atom is 0.408 e. The molecule has 88 valence electrons. The van der Waals surface area contributed by atoms with Gasteiger partial charge in [0.1, 0.15) is 11.2 Å². The van der Waals surface area contributed by atoms with Crippen LogP contribution in [0.25, 0.3) is 0 Å². The van der Waals surface area contributed by atoms with Crippen molar-refractivity contribution in [2.24, 2.45) is 0 Å². The fraction of sp³-hybridized carbons (Fsp3) is 0.500. The predicted octanol–water partition coefficient (Wildman–Crippen LogP) is 1.64. The molecule has 0 aromatic carbocycles. The summed E-state index contributed by atoms with van der Waals surface area (Å²) in [7, 11) is 0. The molecule has 1 N–H and O–H groups in total. The minimum atomic E-state index is -4.36. The van der Waals surface area contributed by atoms with E-state index in [1.807, 2.05) is 0 Å². The Labute approximate surface area is 93.0 Å². The van der Waals surface area contributed by atoms with Crippen molar-refractivity contribution in [1.29, 1.82) is 0 Å². The Kier molecular flexibility index (Phi) is 2.57. The molecule has 0 saturated heterocycles. The lowest BCUT2D eigenvalue weighted by Crippen LogP contribution is -2.43. The summed E-state index contributed by atoms with van der Waals surface area (Å²) >= 11 is 5.50. The number of halogens is 4. The van der Waals surface area contributed by atoms with Gasteiger partial charge in [-0.05, 0) is 6.42 Å². The van der Waals surface area contributed by atoms with Crippen LogP contribution in [0.5, 0.6) is 0 Å². The number of nitrogens with one attached hydrogen (secondary N) is 1. The number of rotatable bonds is 0. The number of fused-ring (bicyclic) bond motifs is 1. The van der Waals surface area contributed by atoms with Crippen molar-refractivity contribution in [3.8, 4) is 0 Å². The molecule has 0 aliphatic carbocycles. The zero-order chi connectivity index (χ0) is 11.9. The van der Waals surface area contributed by atoms with Gasteiger partial charge in [-0.25, -0.2) is 4.98 Å². The van der Waals surface area contributed by atoms with E-state index in [1.54, 1.807) is 0 Å². The van der Waals surface area contributed by atoms with E-state index in [0.29, 0.717) is 0 Å². The minimum absolute atomic E-state index is 0.0183. The largest absolute Gasteiger partial charge is 0.408 e. The summed E-state index contributed by atoms with van der Waals surface area (Å²) in [4.78, 5) is 15.0. The lowest BCUT2D eigenvalue weighted by Gasteiger charge is -2.28. The van der Waals surface area contributed by atoms with E-state index < -0.39 is 17.8 Å². The van der Waals surface area contributed by atoms with Crippen LogP contribution in [0.3, 0.4) is 0 Å². The van der Waals surface area contributed by atoms with Gasteiger partial charge in [-0.3, -0.25) is 9.36 Å². The Bertz CT molecular complexity index is 471. The van der Waals surface area contributed by atoms with Crippen LogP contribution >= 0.6 is 11.6 Å². The molecule has 4 nitrogen and oxygen atoms in total. The third-order valence-corrected chi connectivity index (χ3v) is 2.51. The third-order valence-electron chi connectivity index (χ3n) is 2.32. The second kappa shape index (κ2) is 3.65. The van der Waals surface area contributed by atoms with Crippen LogP contribution in [0.2, 0.25) is 5.15 Å². The quantitative estimate of drug-likeness (QED) is 0.715. The van der Waals surface area contributed by atoms with E-state index in [9.17, 15) is 18.0 Å². The average Bonchev–Trinajstić information content (AvgIpc) is 2.15. The highest BCUT2D eigenvalue weighted by molar-refractivity contribution is 6.29. The number of hydrogen-bond donors (Lipinski definition) is 1. The average molecular weight is 254 g/mol. The highest BCUT2D eigenvalue weighted by Gasteiger charge is 2.41. The maximum absolute atomic E-state index is 12.4. The van der Waals surface area contributed by atoms with E-state index >= 15 is 0 Å². The monoisotopic (exact) mass is 253 g/mol. The van der Waals surface area contributed by atoms with Gasteiger partial charge in [0, 0.05) is 12.6 Å². The Hall–Kier alpha value is -1.24. The van der Waals surface area contributed by atoms with Gasteiger partial charge in [-0.2, -0.15) is 13.2 Å². The molecule has 1 aromatic rings. The molecule has 1 unspecified atom stereocenters. The second-order valence-electron chi connectivity index (χ2n) is 3.42. The van der Waals surface area contributed by atoms with Crippen molar-refractivity contribution in [1.82, 2.24) is 9.55 Å². The summed E-state index contributed by atoms with van der Waals surface area (Å²) in [6, 6.07) is -0.612. The molecule has 1 aliphatic heterocycles. The zero-order valence-corrected chi connectivity index (χ0v) is 8.64.